The van der Waals surface area contributed by atoms with Gasteiger partial charge in [0.25, 0.3) is 5.91 Å². The van der Waals surface area contributed by atoms with Crippen LogP contribution in [0.2, 0.25) is 0 Å². The minimum Gasteiger partial charge on any atom is -0.373 e. The molecule has 2 aliphatic heterocycles. The van der Waals surface area contributed by atoms with Crippen LogP contribution in [0.15, 0.2) is 18.2 Å². The third kappa shape index (κ3) is 3.19. The summed E-state index contributed by atoms with van der Waals surface area (Å²) in [5, 5.41) is 2.98. The van der Waals surface area contributed by atoms with Crippen LogP contribution in [-0.4, -0.2) is 50.7 Å². The summed E-state index contributed by atoms with van der Waals surface area (Å²) < 4.78 is 5.43. The Morgan fingerprint density at radius 3 is 2.95 bits per heavy atom. The van der Waals surface area contributed by atoms with Gasteiger partial charge in [-0.05, 0) is 37.6 Å². The maximum absolute atomic E-state index is 12.1. The number of carbonyl (C=O) groups excluding carboxylic acids is 1. The number of fused-ring (bicyclic) bond motifs is 1. The second kappa shape index (κ2) is 6.03. The van der Waals surface area contributed by atoms with E-state index in [1.807, 2.05) is 6.07 Å². The van der Waals surface area contributed by atoms with Gasteiger partial charge in [-0.25, -0.2) is 0 Å². The normalized spacial score (nSPS) is 22.8. The molecule has 3 rings (SSSR count). The van der Waals surface area contributed by atoms with E-state index in [2.05, 4.69) is 41.3 Å². The van der Waals surface area contributed by atoms with E-state index in [0.29, 0.717) is 6.61 Å². The lowest BCUT2D eigenvalue weighted by atomic mass is 10.1. The van der Waals surface area contributed by atoms with Crippen LogP contribution < -0.4 is 10.2 Å². The molecule has 1 N–H and O–H groups in total. The number of nitrogens with zero attached hydrogens (tertiary/aromatic N) is 2. The molecule has 1 fully saturated rings. The predicted octanol–water partition coefficient (Wildman–Crippen LogP) is 1.69. The summed E-state index contributed by atoms with van der Waals surface area (Å²) in [6.45, 7) is 3.67. The van der Waals surface area contributed by atoms with E-state index >= 15 is 0 Å². The Kier molecular flexibility index (Phi) is 4.12. The van der Waals surface area contributed by atoms with Gasteiger partial charge in [0, 0.05) is 44.7 Å². The van der Waals surface area contributed by atoms with Crippen LogP contribution in [0.3, 0.4) is 0 Å². The molecule has 2 aliphatic rings. The summed E-state index contributed by atoms with van der Waals surface area (Å²) in [5.74, 6) is -0.0270. The molecular weight excluding hydrogens is 266 g/mol. The van der Waals surface area contributed by atoms with Crippen molar-refractivity contribution in [1.29, 1.82) is 0 Å². The van der Waals surface area contributed by atoms with Gasteiger partial charge < -0.3 is 19.9 Å². The fourth-order valence-corrected chi connectivity index (χ4v) is 2.95. The summed E-state index contributed by atoms with van der Waals surface area (Å²) in [7, 11) is 4.24. The van der Waals surface area contributed by atoms with Crippen molar-refractivity contribution in [2.75, 3.05) is 44.0 Å². The van der Waals surface area contributed by atoms with Gasteiger partial charge in [-0.15, -0.1) is 0 Å². The Bertz CT molecular complexity index is 526. The van der Waals surface area contributed by atoms with Gasteiger partial charge in [-0.3, -0.25) is 4.79 Å². The summed E-state index contributed by atoms with van der Waals surface area (Å²) in [6.07, 6.45) is 1.51. The van der Waals surface area contributed by atoms with Gasteiger partial charge in [0.2, 0.25) is 0 Å². The highest BCUT2D eigenvalue weighted by Gasteiger charge is 2.24. The van der Waals surface area contributed by atoms with Crippen molar-refractivity contribution < 1.29 is 9.53 Å². The molecule has 0 radical (unpaired) electrons. The van der Waals surface area contributed by atoms with Gasteiger partial charge in [0.05, 0.1) is 0 Å². The molecule has 1 amide bonds. The average Bonchev–Trinajstić information content (AvgIpc) is 2.96. The highest BCUT2D eigenvalue weighted by molar-refractivity contribution is 5.94. The van der Waals surface area contributed by atoms with E-state index in [9.17, 15) is 4.79 Å². The van der Waals surface area contributed by atoms with E-state index in [0.717, 1.165) is 38.2 Å². The lowest BCUT2D eigenvalue weighted by Crippen LogP contribution is -2.27. The van der Waals surface area contributed by atoms with E-state index in [4.69, 9.17) is 4.74 Å². The van der Waals surface area contributed by atoms with Crippen LogP contribution >= 0.6 is 0 Å². The number of likely N-dealkylation sites (N-methyl/N-ethyl adjacent to an activating group) is 2. The first-order valence-corrected chi connectivity index (χ1v) is 7.58. The van der Waals surface area contributed by atoms with Gasteiger partial charge in [0.1, 0.15) is 6.10 Å². The van der Waals surface area contributed by atoms with Crippen molar-refractivity contribution in [2.45, 2.75) is 25.5 Å². The van der Waals surface area contributed by atoms with Crippen LogP contribution in [0.4, 0.5) is 11.4 Å². The largest absolute Gasteiger partial charge is 0.373 e. The summed E-state index contributed by atoms with van der Waals surface area (Å²) in [6, 6.07) is 6.17. The summed E-state index contributed by atoms with van der Waals surface area (Å²) >= 11 is 0. The number of hydrogen-bond donors (Lipinski definition) is 1. The molecule has 2 heterocycles. The first-order valence-electron chi connectivity index (χ1n) is 7.58. The number of rotatable bonds is 2. The molecule has 1 atom stereocenters. The molecule has 0 bridgehead atoms. The number of benzene rings is 1. The monoisotopic (exact) mass is 289 g/mol. The van der Waals surface area contributed by atoms with Crippen molar-refractivity contribution in [1.82, 2.24) is 4.90 Å². The van der Waals surface area contributed by atoms with Crippen LogP contribution in [0, 0.1) is 0 Å². The highest BCUT2D eigenvalue weighted by atomic mass is 16.5. The molecule has 1 saturated heterocycles. The molecule has 114 valence electrons. The molecule has 5 heteroatoms. The zero-order chi connectivity index (χ0) is 14.8. The predicted molar refractivity (Wildman–Crippen MR) is 83.6 cm³/mol. The minimum absolute atomic E-state index is 0.0270. The molecular formula is C16H23N3O2. The molecule has 1 aromatic carbocycles. The van der Waals surface area contributed by atoms with E-state index in [1.54, 1.807) is 0 Å². The second-order valence-corrected chi connectivity index (χ2v) is 5.99. The first-order chi connectivity index (χ1) is 10.1. The maximum atomic E-state index is 12.1. The lowest BCUT2D eigenvalue weighted by molar-refractivity contribution is -0.124. The molecule has 21 heavy (non-hydrogen) atoms. The third-order valence-electron chi connectivity index (χ3n) is 4.24. The lowest BCUT2D eigenvalue weighted by Gasteiger charge is -2.20. The van der Waals surface area contributed by atoms with Crippen molar-refractivity contribution in [3.05, 3.63) is 23.8 Å². The van der Waals surface area contributed by atoms with Crippen molar-refractivity contribution in [2.24, 2.45) is 0 Å². The standard InChI is InChI=1S/C16H23N3O2/c1-18-7-8-19(2)14-10-13(6-5-12(14)11-18)17-16(20)15-4-3-9-21-15/h5-6,10,15H,3-4,7-9,11H2,1-2H3,(H,17,20)/t15-/m1/s1. The van der Waals surface area contributed by atoms with E-state index in [-0.39, 0.29) is 12.0 Å². The van der Waals surface area contributed by atoms with Gasteiger partial charge in [-0.1, -0.05) is 6.07 Å². The van der Waals surface area contributed by atoms with Crippen LogP contribution in [0.25, 0.3) is 0 Å². The van der Waals surface area contributed by atoms with E-state index in [1.165, 1.54) is 11.3 Å². The summed E-state index contributed by atoms with van der Waals surface area (Å²) in [5.41, 5.74) is 3.35. The van der Waals surface area contributed by atoms with Crippen LogP contribution in [0.5, 0.6) is 0 Å². The Labute approximate surface area is 125 Å². The zero-order valence-corrected chi connectivity index (χ0v) is 12.8. The van der Waals surface area contributed by atoms with Crippen LogP contribution in [0.1, 0.15) is 18.4 Å². The fourth-order valence-electron chi connectivity index (χ4n) is 2.95. The minimum atomic E-state index is -0.285. The number of carbonyl (C=O) groups is 1. The first kappa shape index (κ1) is 14.4. The van der Waals surface area contributed by atoms with E-state index < -0.39 is 0 Å². The van der Waals surface area contributed by atoms with Crippen molar-refractivity contribution in [3.8, 4) is 0 Å². The highest BCUT2D eigenvalue weighted by Crippen LogP contribution is 2.27. The number of anilines is 2. The average molecular weight is 289 g/mol. The zero-order valence-electron chi connectivity index (χ0n) is 12.8. The van der Waals surface area contributed by atoms with Crippen molar-refractivity contribution >= 4 is 17.3 Å². The molecule has 0 saturated carbocycles. The van der Waals surface area contributed by atoms with Crippen molar-refractivity contribution in [3.63, 3.8) is 0 Å². The smallest absolute Gasteiger partial charge is 0.253 e. The Balaban J connectivity index is 1.77. The van der Waals surface area contributed by atoms with Gasteiger partial charge in [-0.2, -0.15) is 0 Å². The molecule has 0 spiro atoms. The molecule has 5 nitrogen and oxygen atoms in total. The number of amides is 1. The molecule has 1 aromatic rings. The molecule has 0 unspecified atom stereocenters. The Hall–Kier alpha value is -1.59. The van der Waals surface area contributed by atoms with Gasteiger partial charge in [0.15, 0.2) is 0 Å². The third-order valence-corrected chi connectivity index (χ3v) is 4.24. The number of nitrogens with one attached hydrogen (secondary N) is 1. The fraction of sp³-hybridized carbons (Fsp3) is 0.562. The quantitative estimate of drug-likeness (QED) is 0.900. The Morgan fingerprint density at radius 2 is 2.19 bits per heavy atom. The number of ether oxygens (including phenoxy) is 1. The number of hydrogen-bond acceptors (Lipinski definition) is 4. The second-order valence-electron chi connectivity index (χ2n) is 5.99. The Morgan fingerprint density at radius 1 is 1.33 bits per heavy atom. The molecule has 0 aromatic heterocycles. The van der Waals surface area contributed by atoms with Gasteiger partial charge >= 0.3 is 0 Å². The SMILES string of the molecule is CN1CCN(C)c2cc(NC(=O)[C@H]3CCCO3)ccc2C1. The topological polar surface area (TPSA) is 44.8 Å². The molecule has 0 aliphatic carbocycles. The maximum Gasteiger partial charge on any atom is 0.253 e. The summed E-state index contributed by atoms with van der Waals surface area (Å²) in [4.78, 5) is 16.7. The van der Waals surface area contributed by atoms with Crippen LogP contribution in [-0.2, 0) is 16.1 Å².